The van der Waals surface area contributed by atoms with Crippen molar-refractivity contribution >= 4 is 11.0 Å². The molecule has 1 aromatic heterocycles. The number of benzene rings is 1. The van der Waals surface area contributed by atoms with Crippen molar-refractivity contribution in [3.8, 4) is 0 Å². The molecule has 0 amide bonds. The maximum Gasteiger partial charge on any atom is 0.106 e. The number of aromatic nitrogens is 2. The number of fused-ring (bicyclic) bond motifs is 1. The Labute approximate surface area is 102 Å². The van der Waals surface area contributed by atoms with Crippen molar-refractivity contribution in [2.24, 2.45) is 12.8 Å². The van der Waals surface area contributed by atoms with E-state index in [9.17, 15) is 0 Å². The SMILES string of the molecule is CNC(CCN)c1ccc2c(c1)nc(C)n2C. The van der Waals surface area contributed by atoms with E-state index >= 15 is 0 Å². The molecule has 4 nitrogen and oxygen atoms in total. The smallest absolute Gasteiger partial charge is 0.106 e. The van der Waals surface area contributed by atoms with E-state index in [1.165, 1.54) is 11.1 Å². The second-order valence-electron chi connectivity index (χ2n) is 4.38. The summed E-state index contributed by atoms with van der Waals surface area (Å²) >= 11 is 0. The molecule has 17 heavy (non-hydrogen) atoms. The van der Waals surface area contributed by atoms with Gasteiger partial charge >= 0.3 is 0 Å². The molecule has 0 aliphatic rings. The van der Waals surface area contributed by atoms with E-state index in [4.69, 9.17) is 5.73 Å². The van der Waals surface area contributed by atoms with Crippen molar-refractivity contribution in [3.63, 3.8) is 0 Å². The van der Waals surface area contributed by atoms with Crippen LogP contribution in [0.25, 0.3) is 11.0 Å². The highest BCUT2D eigenvalue weighted by Crippen LogP contribution is 2.22. The van der Waals surface area contributed by atoms with Crippen LogP contribution in [0.2, 0.25) is 0 Å². The van der Waals surface area contributed by atoms with Gasteiger partial charge in [0.15, 0.2) is 0 Å². The van der Waals surface area contributed by atoms with Crippen LogP contribution in [0, 0.1) is 6.92 Å². The molecule has 2 rings (SSSR count). The number of hydrogen-bond donors (Lipinski definition) is 2. The minimum Gasteiger partial charge on any atom is -0.331 e. The van der Waals surface area contributed by atoms with Crippen molar-refractivity contribution in [2.75, 3.05) is 13.6 Å². The van der Waals surface area contributed by atoms with Crippen LogP contribution in [0.3, 0.4) is 0 Å². The van der Waals surface area contributed by atoms with E-state index in [1.54, 1.807) is 0 Å². The molecule has 0 bridgehead atoms. The molecule has 3 N–H and O–H groups in total. The lowest BCUT2D eigenvalue weighted by molar-refractivity contribution is 0.557. The van der Waals surface area contributed by atoms with Gasteiger partial charge < -0.3 is 15.6 Å². The zero-order valence-corrected chi connectivity index (χ0v) is 10.7. The Hall–Kier alpha value is -1.39. The lowest BCUT2D eigenvalue weighted by atomic mass is 10.0. The zero-order valence-electron chi connectivity index (χ0n) is 10.7. The highest BCUT2D eigenvalue weighted by Gasteiger charge is 2.11. The maximum atomic E-state index is 5.62. The van der Waals surface area contributed by atoms with Gasteiger partial charge in [-0.25, -0.2) is 4.98 Å². The number of imidazole rings is 1. The molecular formula is C13H20N4. The van der Waals surface area contributed by atoms with Gasteiger partial charge in [-0.1, -0.05) is 6.07 Å². The van der Waals surface area contributed by atoms with Gasteiger partial charge in [-0.05, 0) is 44.6 Å². The lowest BCUT2D eigenvalue weighted by Gasteiger charge is -2.15. The lowest BCUT2D eigenvalue weighted by Crippen LogP contribution is -2.19. The highest BCUT2D eigenvalue weighted by molar-refractivity contribution is 5.76. The van der Waals surface area contributed by atoms with Crippen molar-refractivity contribution in [3.05, 3.63) is 29.6 Å². The first kappa shape index (κ1) is 12.1. The van der Waals surface area contributed by atoms with Crippen molar-refractivity contribution in [1.82, 2.24) is 14.9 Å². The fraction of sp³-hybridized carbons (Fsp3) is 0.462. The number of nitrogens with zero attached hydrogens (tertiary/aromatic N) is 2. The summed E-state index contributed by atoms with van der Waals surface area (Å²) in [7, 11) is 4.01. The first-order chi connectivity index (χ1) is 8.17. The Kier molecular flexibility index (Phi) is 3.45. The Morgan fingerprint density at radius 1 is 1.47 bits per heavy atom. The van der Waals surface area contributed by atoms with Gasteiger partial charge in [0.05, 0.1) is 11.0 Å². The Morgan fingerprint density at radius 3 is 2.88 bits per heavy atom. The average Bonchev–Trinajstić information content (AvgIpc) is 2.61. The zero-order chi connectivity index (χ0) is 12.4. The van der Waals surface area contributed by atoms with Gasteiger partial charge in [0.2, 0.25) is 0 Å². The molecule has 1 aromatic carbocycles. The van der Waals surface area contributed by atoms with E-state index < -0.39 is 0 Å². The van der Waals surface area contributed by atoms with E-state index in [1.807, 2.05) is 21.0 Å². The number of rotatable bonds is 4. The van der Waals surface area contributed by atoms with Gasteiger partial charge in [0.1, 0.15) is 5.82 Å². The van der Waals surface area contributed by atoms with Gasteiger partial charge in [-0.2, -0.15) is 0 Å². The normalized spacial score (nSPS) is 13.2. The molecular weight excluding hydrogens is 212 g/mol. The third-order valence-electron chi connectivity index (χ3n) is 3.33. The fourth-order valence-corrected chi connectivity index (χ4v) is 2.20. The van der Waals surface area contributed by atoms with Gasteiger partial charge in [-0.3, -0.25) is 0 Å². The van der Waals surface area contributed by atoms with E-state index in [2.05, 4.69) is 33.1 Å². The van der Waals surface area contributed by atoms with Crippen LogP contribution in [0.4, 0.5) is 0 Å². The Bertz CT molecular complexity index is 515. The molecule has 1 atom stereocenters. The van der Waals surface area contributed by atoms with Crippen LogP contribution in [0.1, 0.15) is 23.9 Å². The summed E-state index contributed by atoms with van der Waals surface area (Å²) in [5, 5.41) is 3.29. The minimum absolute atomic E-state index is 0.312. The summed E-state index contributed by atoms with van der Waals surface area (Å²) in [5.74, 6) is 1.04. The summed E-state index contributed by atoms with van der Waals surface area (Å²) in [6.07, 6.45) is 0.938. The molecule has 0 spiro atoms. The highest BCUT2D eigenvalue weighted by atomic mass is 15.0. The summed E-state index contributed by atoms with van der Waals surface area (Å²) < 4.78 is 2.11. The second kappa shape index (κ2) is 4.85. The Morgan fingerprint density at radius 2 is 2.24 bits per heavy atom. The predicted molar refractivity (Wildman–Crippen MR) is 70.9 cm³/mol. The molecule has 0 radical (unpaired) electrons. The first-order valence-corrected chi connectivity index (χ1v) is 5.97. The molecule has 1 unspecified atom stereocenters. The van der Waals surface area contributed by atoms with Crippen molar-refractivity contribution < 1.29 is 0 Å². The van der Waals surface area contributed by atoms with Crippen LogP contribution < -0.4 is 11.1 Å². The molecule has 0 saturated heterocycles. The summed E-state index contributed by atoms with van der Waals surface area (Å²) in [6.45, 7) is 2.71. The monoisotopic (exact) mass is 232 g/mol. The second-order valence-corrected chi connectivity index (χ2v) is 4.38. The number of aryl methyl sites for hydroxylation is 2. The molecule has 0 saturated carbocycles. The van der Waals surface area contributed by atoms with Gasteiger partial charge in [0, 0.05) is 13.1 Å². The summed E-state index contributed by atoms with van der Waals surface area (Å²) in [6, 6.07) is 6.75. The Balaban J connectivity index is 2.43. The van der Waals surface area contributed by atoms with E-state index in [-0.39, 0.29) is 0 Å². The predicted octanol–water partition coefficient (Wildman–Crippen LogP) is 1.49. The summed E-state index contributed by atoms with van der Waals surface area (Å²) in [4.78, 5) is 4.55. The number of nitrogens with two attached hydrogens (primary N) is 1. The van der Waals surface area contributed by atoms with Gasteiger partial charge in [-0.15, -0.1) is 0 Å². The van der Waals surface area contributed by atoms with Crippen LogP contribution in [-0.4, -0.2) is 23.1 Å². The summed E-state index contributed by atoms with van der Waals surface area (Å²) in [5.41, 5.74) is 9.11. The first-order valence-electron chi connectivity index (χ1n) is 5.97. The quantitative estimate of drug-likeness (QED) is 0.839. The van der Waals surface area contributed by atoms with Crippen molar-refractivity contribution in [2.45, 2.75) is 19.4 Å². The molecule has 0 aliphatic carbocycles. The number of hydrogen-bond acceptors (Lipinski definition) is 3. The maximum absolute atomic E-state index is 5.62. The minimum atomic E-state index is 0.312. The van der Waals surface area contributed by atoms with E-state index in [0.717, 1.165) is 17.8 Å². The van der Waals surface area contributed by atoms with Crippen LogP contribution in [0.15, 0.2) is 18.2 Å². The topological polar surface area (TPSA) is 55.9 Å². The van der Waals surface area contributed by atoms with Gasteiger partial charge in [0.25, 0.3) is 0 Å². The molecule has 1 heterocycles. The van der Waals surface area contributed by atoms with Crippen LogP contribution in [-0.2, 0) is 7.05 Å². The van der Waals surface area contributed by atoms with Crippen LogP contribution in [0.5, 0.6) is 0 Å². The largest absolute Gasteiger partial charge is 0.331 e. The average molecular weight is 232 g/mol. The molecule has 0 aliphatic heterocycles. The fourth-order valence-electron chi connectivity index (χ4n) is 2.20. The number of nitrogens with one attached hydrogen (secondary N) is 1. The molecule has 92 valence electrons. The molecule has 0 fully saturated rings. The van der Waals surface area contributed by atoms with E-state index in [0.29, 0.717) is 12.6 Å². The molecule has 2 aromatic rings. The standard InChI is InChI=1S/C13H20N4/c1-9-16-12-8-10(11(15-2)6-7-14)4-5-13(12)17(9)3/h4-5,8,11,15H,6-7,14H2,1-3H3. The molecule has 4 heteroatoms. The third kappa shape index (κ3) is 2.18. The van der Waals surface area contributed by atoms with Crippen molar-refractivity contribution in [1.29, 1.82) is 0 Å². The van der Waals surface area contributed by atoms with Crippen LogP contribution >= 0.6 is 0 Å². The third-order valence-corrected chi connectivity index (χ3v) is 3.33.